The SMILES string of the molecule is Cc1nn(CCCNC(=O)c2cc(-c3ccc4c(c3)OCO4)n[nH]2)cc1Cl. The van der Waals surface area contributed by atoms with Gasteiger partial charge in [-0.25, -0.2) is 0 Å². The summed E-state index contributed by atoms with van der Waals surface area (Å²) in [5.41, 5.74) is 2.72. The Balaban J connectivity index is 1.32. The molecule has 0 saturated heterocycles. The summed E-state index contributed by atoms with van der Waals surface area (Å²) in [6.07, 6.45) is 2.53. The van der Waals surface area contributed by atoms with Gasteiger partial charge in [0.2, 0.25) is 6.79 Å². The van der Waals surface area contributed by atoms with Crippen molar-refractivity contribution in [3.05, 3.63) is 46.9 Å². The van der Waals surface area contributed by atoms with E-state index in [1.54, 1.807) is 16.9 Å². The third-order valence-corrected chi connectivity index (χ3v) is 4.60. The number of nitrogens with one attached hydrogen (secondary N) is 2. The molecule has 2 N–H and O–H groups in total. The highest BCUT2D eigenvalue weighted by Crippen LogP contribution is 2.35. The van der Waals surface area contributed by atoms with E-state index >= 15 is 0 Å². The van der Waals surface area contributed by atoms with E-state index in [9.17, 15) is 4.79 Å². The second-order valence-corrected chi connectivity index (χ2v) is 6.58. The highest BCUT2D eigenvalue weighted by molar-refractivity contribution is 6.31. The number of fused-ring (bicyclic) bond motifs is 1. The summed E-state index contributed by atoms with van der Waals surface area (Å²) >= 11 is 5.98. The topological polar surface area (TPSA) is 94.1 Å². The molecule has 4 rings (SSSR count). The van der Waals surface area contributed by atoms with E-state index in [2.05, 4.69) is 20.6 Å². The number of aromatic amines is 1. The third-order valence-electron chi connectivity index (χ3n) is 4.23. The molecule has 3 heterocycles. The van der Waals surface area contributed by atoms with Gasteiger partial charge in [-0.15, -0.1) is 0 Å². The van der Waals surface area contributed by atoms with Crippen LogP contribution in [0.4, 0.5) is 0 Å². The number of benzene rings is 1. The van der Waals surface area contributed by atoms with Crippen LogP contribution >= 0.6 is 11.6 Å². The van der Waals surface area contributed by atoms with Gasteiger partial charge in [0, 0.05) is 24.8 Å². The predicted molar refractivity (Wildman–Crippen MR) is 99.1 cm³/mol. The van der Waals surface area contributed by atoms with Crippen molar-refractivity contribution in [2.75, 3.05) is 13.3 Å². The molecule has 2 aromatic heterocycles. The molecule has 8 nitrogen and oxygen atoms in total. The van der Waals surface area contributed by atoms with Crippen LogP contribution in [0.3, 0.4) is 0 Å². The van der Waals surface area contributed by atoms with Crippen molar-refractivity contribution < 1.29 is 14.3 Å². The molecule has 140 valence electrons. The van der Waals surface area contributed by atoms with Gasteiger partial charge in [-0.05, 0) is 37.6 Å². The highest BCUT2D eigenvalue weighted by Gasteiger charge is 2.16. The molecule has 3 aromatic rings. The first kappa shape index (κ1) is 17.4. The van der Waals surface area contributed by atoms with Crippen LogP contribution in [0.1, 0.15) is 22.6 Å². The molecule has 1 aromatic carbocycles. The van der Waals surface area contributed by atoms with Gasteiger partial charge in [0.05, 0.1) is 16.4 Å². The third kappa shape index (κ3) is 3.75. The van der Waals surface area contributed by atoms with Gasteiger partial charge in [0.1, 0.15) is 5.69 Å². The van der Waals surface area contributed by atoms with Gasteiger partial charge in [0.25, 0.3) is 5.91 Å². The van der Waals surface area contributed by atoms with Crippen LogP contribution in [-0.4, -0.2) is 39.2 Å². The molecule has 0 atom stereocenters. The number of hydrogen-bond acceptors (Lipinski definition) is 5. The maximum absolute atomic E-state index is 12.3. The number of ether oxygens (including phenoxy) is 2. The number of amides is 1. The first-order valence-electron chi connectivity index (χ1n) is 8.53. The molecule has 0 spiro atoms. The van der Waals surface area contributed by atoms with Gasteiger partial charge in [-0.2, -0.15) is 10.2 Å². The number of halogens is 1. The molecule has 0 unspecified atom stereocenters. The summed E-state index contributed by atoms with van der Waals surface area (Å²) in [7, 11) is 0. The van der Waals surface area contributed by atoms with Crippen molar-refractivity contribution in [3.8, 4) is 22.8 Å². The molecule has 0 radical (unpaired) electrons. The van der Waals surface area contributed by atoms with Crippen LogP contribution in [-0.2, 0) is 6.54 Å². The minimum atomic E-state index is -0.204. The van der Waals surface area contributed by atoms with Gasteiger partial charge in [-0.1, -0.05) is 11.6 Å². The lowest BCUT2D eigenvalue weighted by atomic mass is 10.1. The quantitative estimate of drug-likeness (QED) is 0.634. The maximum atomic E-state index is 12.3. The Morgan fingerprint density at radius 1 is 1.33 bits per heavy atom. The summed E-state index contributed by atoms with van der Waals surface area (Å²) in [4.78, 5) is 12.3. The Morgan fingerprint density at radius 3 is 3.00 bits per heavy atom. The Morgan fingerprint density at radius 2 is 2.19 bits per heavy atom. The second-order valence-electron chi connectivity index (χ2n) is 6.17. The lowest BCUT2D eigenvalue weighted by Gasteiger charge is -2.03. The van der Waals surface area contributed by atoms with Crippen molar-refractivity contribution in [2.24, 2.45) is 0 Å². The van der Waals surface area contributed by atoms with Crippen LogP contribution in [0.15, 0.2) is 30.5 Å². The lowest BCUT2D eigenvalue weighted by molar-refractivity contribution is 0.0947. The number of H-pyrrole nitrogens is 1. The number of aryl methyl sites for hydroxylation is 2. The molecule has 1 amide bonds. The fourth-order valence-corrected chi connectivity index (χ4v) is 2.94. The summed E-state index contributed by atoms with van der Waals surface area (Å²) in [5, 5.41) is 14.8. The van der Waals surface area contributed by atoms with Crippen molar-refractivity contribution in [1.82, 2.24) is 25.3 Å². The van der Waals surface area contributed by atoms with Gasteiger partial charge >= 0.3 is 0 Å². The molecule has 27 heavy (non-hydrogen) atoms. The van der Waals surface area contributed by atoms with E-state index in [4.69, 9.17) is 21.1 Å². The van der Waals surface area contributed by atoms with E-state index in [1.165, 1.54) is 0 Å². The van der Waals surface area contributed by atoms with E-state index in [1.807, 2.05) is 25.1 Å². The smallest absolute Gasteiger partial charge is 0.269 e. The van der Waals surface area contributed by atoms with E-state index < -0.39 is 0 Å². The van der Waals surface area contributed by atoms with Gasteiger partial charge in [0.15, 0.2) is 11.5 Å². The fraction of sp³-hybridized carbons (Fsp3) is 0.278. The van der Waals surface area contributed by atoms with Crippen LogP contribution in [0.5, 0.6) is 11.5 Å². The average Bonchev–Trinajstić information content (AvgIpc) is 3.38. The Kier molecular flexibility index (Phi) is 4.72. The van der Waals surface area contributed by atoms with Crippen molar-refractivity contribution in [2.45, 2.75) is 19.9 Å². The number of rotatable bonds is 6. The highest BCUT2D eigenvalue weighted by atomic mass is 35.5. The lowest BCUT2D eigenvalue weighted by Crippen LogP contribution is -2.25. The standard InChI is InChI=1S/C18H18ClN5O3/c1-11-13(19)9-24(23-11)6-2-5-20-18(25)15-8-14(21-22-15)12-3-4-16-17(7-12)27-10-26-16/h3-4,7-9H,2,5-6,10H2,1H3,(H,20,25)(H,21,22). The Labute approximate surface area is 160 Å². The molecule has 9 heteroatoms. The predicted octanol–water partition coefficient (Wildman–Crippen LogP) is 2.78. The van der Waals surface area contributed by atoms with Gasteiger partial charge in [-0.3, -0.25) is 14.6 Å². The molecule has 1 aliphatic rings. The largest absolute Gasteiger partial charge is 0.454 e. The zero-order valence-corrected chi connectivity index (χ0v) is 15.4. The van der Waals surface area contributed by atoms with Crippen LogP contribution < -0.4 is 14.8 Å². The van der Waals surface area contributed by atoms with Crippen LogP contribution in [0.25, 0.3) is 11.3 Å². The number of nitrogens with zero attached hydrogens (tertiary/aromatic N) is 3. The number of carbonyl (C=O) groups excluding carboxylic acids is 1. The summed E-state index contributed by atoms with van der Waals surface area (Å²) in [6, 6.07) is 7.26. The Hall–Kier alpha value is -3.00. The van der Waals surface area contributed by atoms with Gasteiger partial charge < -0.3 is 14.8 Å². The van der Waals surface area contributed by atoms with Crippen LogP contribution in [0, 0.1) is 6.92 Å². The van der Waals surface area contributed by atoms with Crippen LogP contribution in [0.2, 0.25) is 5.02 Å². The number of hydrogen-bond donors (Lipinski definition) is 2. The molecule has 0 fully saturated rings. The van der Waals surface area contributed by atoms with E-state index in [0.717, 1.165) is 17.7 Å². The van der Waals surface area contributed by atoms with Crippen molar-refractivity contribution >= 4 is 17.5 Å². The number of carbonyl (C=O) groups is 1. The number of aromatic nitrogens is 4. The summed E-state index contributed by atoms with van der Waals surface area (Å²) in [6.45, 7) is 3.28. The molecule has 0 bridgehead atoms. The molecular formula is C18H18ClN5O3. The zero-order valence-electron chi connectivity index (χ0n) is 14.7. The normalized spacial score (nSPS) is 12.4. The molecule has 0 aliphatic carbocycles. The maximum Gasteiger partial charge on any atom is 0.269 e. The minimum absolute atomic E-state index is 0.204. The Bertz CT molecular complexity index is 962. The zero-order chi connectivity index (χ0) is 18.8. The summed E-state index contributed by atoms with van der Waals surface area (Å²) < 4.78 is 12.4. The first-order chi connectivity index (χ1) is 13.1. The van der Waals surface area contributed by atoms with Crippen molar-refractivity contribution in [1.29, 1.82) is 0 Å². The average molecular weight is 388 g/mol. The summed E-state index contributed by atoms with van der Waals surface area (Å²) in [5.74, 6) is 1.18. The molecule has 0 saturated carbocycles. The molecule has 1 aliphatic heterocycles. The molecular weight excluding hydrogens is 370 g/mol. The first-order valence-corrected chi connectivity index (χ1v) is 8.91. The van der Waals surface area contributed by atoms with E-state index in [0.29, 0.717) is 41.0 Å². The second kappa shape index (κ2) is 7.32. The minimum Gasteiger partial charge on any atom is -0.454 e. The van der Waals surface area contributed by atoms with E-state index in [-0.39, 0.29) is 12.7 Å². The van der Waals surface area contributed by atoms with Crippen molar-refractivity contribution in [3.63, 3.8) is 0 Å². The fourth-order valence-electron chi connectivity index (χ4n) is 2.79. The monoisotopic (exact) mass is 387 g/mol.